The van der Waals surface area contributed by atoms with Gasteiger partial charge < -0.3 is 5.73 Å². The predicted molar refractivity (Wildman–Crippen MR) is 59.3 cm³/mol. The van der Waals surface area contributed by atoms with Crippen molar-refractivity contribution in [2.75, 3.05) is 5.73 Å². The summed E-state index contributed by atoms with van der Waals surface area (Å²) in [5.41, 5.74) is 6.28. The predicted octanol–water partition coefficient (Wildman–Crippen LogP) is 2.27. The van der Waals surface area contributed by atoms with Crippen LogP contribution in [-0.2, 0) is 11.2 Å². The Balaban J connectivity index is 2.34. The number of nitrogens with zero attached hydrogens (tertiary/aromatic N) is 1. The topological polar surface area (TPSA) is 56.0 Å². The largest absolute Gasteiger partial charge is 0.375 e. The Morgan fingerprint density at radius 3 is 2.86 bits per heavy atom. The third kappa shape index (κ3) is 3.87. The zero-order chi connectivity index (χ0) is 10.6. The number of anilines is 1. The van der Waals surface area contributed by atoms with Crippen LogP contribution in [-0.4, -0.2) is 10.8 Å². The maximum absolute atomic E-state index is 11.4. The molecule has 0 amide bonds. The minimum absolute atomic E-state index is 0.254. The molecule has 0 saturated heterocycles. The van der Waals surface area contributed by atoms with E-state index in [-0.39, 0.29) is 5.78 Å². The van der Waals surface area contributed by atoms with Crippen LogP contribution >= 0.6 is 11.3 Å². The number of thiazole rings is 1. The van der Waals surface area contributed by atoms with Crippen molar-refractivity contribution in [2.45, 2.75) is 33.1 Å². The first-order chi connectivity index (χ1) is 6.58. The summed E-state index contributed by atoms with van der Waals surface area (Å²) >= 11 is 1.39. The maximum atomic E-state index is 11.4. The highest BCUT2D eigenvalue weighted by Gasteiger charge is 2.07. The van der Waals surface area contributed by atoms with Gasteiger partial charge in [0.25, 0.3) is 0 Å². The molecule has 0 aromatic carbocycles. The van der Waals surface area contributed by atoms with E-state index < -0.39 is 0 Å². The summed E-state index contributed by atoms with van der Waals surface area (Å²) in [6, 6.07) is 0. The molecule has 78 valence electrons. The second-order valence-electron chi connectivity index (χ2n) is 3.83. The van der Waals surface area contributed by atoms with Crippen molar-refractivity contribution in [1.82, 2.24) is 4.98 Å². The van der Waals surface area contributed by atoms with Gasteiger partial charge in [-0.1, -0.05) is 13.8 Å². The van der Waals surface area contributed by atoms with Gasteiger partial charge in [0, 0.05) is 18.2 Å². The number of ketones is 1. The van der Waals surface area contributed by atoms with Gasteiger partial charge in [-0.2, -0.15) is 0 Å². The summed E-state index contributed by atoms with van der Waals surface area (Å²) in [6.45, 7) is 4.24. The van der Waals surface area contributed by atoms with Gasteiger partial charge in [-0.3, -0.25) is 4.79 Å². The van der Waals surface area contributed by atoms with Gasteiger partial charge in [0.05, 0.1) is 5.69 Å². The van der Waals surface area contributed by atoms with Crippen LogP contribution in [0.2, 0.25) is 0 Å². The molecule has 0 saturated carbocycles. The lowest BCUT2D eigenvalue weighted by Crippen LogP contribution is -2.04. The van der Waals surface area contributed by atoms with Crippen molar-refractivity contribution < 1.29 is 4.79 Å². The van der Waals surface area contributed by atoms with Gasteiger partial charge in [0.2, 0.25) is 0 Å². The number of carbonyl (C=O) groups is 1. The van der Waals surface area contributed by atoms with E-state index in [2.05, 4.69) is 18.8 Å². The summed E-state index contributed by atoms with van der Waals surface area (Å²) in [7, 11) is 0. The molecule has 3 nitrogen and oxygen atoms in total. The molecule has 0 fully saturated rings. The van der Waals surface area contributed by atoms with Crippen molar-refractivity contribution in [3.63, 3.8) is 0 Å². The number of aromatic nitrogens is 1. The molecule has 0 aliphatic carbocycles. The fourth-order valence-corrected chi connectivity index (χ4v) is 1.71. The molecule has 0 aliphatic rings. The summed E-state index contributed by atoms with van der Waals surface area (Å²) in [5.74, 6) is 0.837. The SMILES string of the molecule is CC(C)CCC(=O)Cc1csc(N)n1. The number of nitrogens with two attached hydrogens (primary N) is 1. The van der Waals surface area contributed by atoms with Crippen LogP contribution in [0.4, 0.5) is 5.13 Å². The Morgan fingerprint density at radius 2 is 2.36 bits per heavy atom. The third-order valence-corrected chi connectivity index (χ3v) is 2.67. The van der Waals surface area contributed by atoms with E-state index in [0.29, 0.717) is 23.9 Å². The molecule has 0 radical (unpaired) electrons. The first kappa shape index (κ1) is 11.2. The van der Waals surface area contributed by atoms with Crippen LogP contribution in [0.25, 0.3) is 0 Å². The zero-order valence-electron chi connectivity index (χ0n) is 8.62. The van der Waals surface area contributed by atoms with Gasteiger partial charge in [0.15, 0.2) is 5.13 Å². The molecule has 1 heterocycles. The minimum Gasteiger partial charge on any atom is -0.375 e. The van der Waals surface area contributed by atoms with Crippen LogP contribution in [0.5, 0.6) is 0 Å². The second kappa shape index (κ2) is 5.10. The molecule has 4 heteroatoms. The van der Waals surface area contributed by atoms with E-state index in [1.807, 2.05) is 5.38 Å². The Hall–Kier alpha value is -0.900. The zero-order valence-corrected chi connectivity index (χ0v) is 9.43. The van der Waals surface area contributed by atoms with E-state index in [1.54, 1.807) is 0 Å². The summed E-state index contributed by atoms with van der Waals surface area (Å²) in [6.07, 6.45) is 2.04. The van der Waals surface area contributed by atoms with E-state index in [0.717, 1.165) is 12.1 Å². The molecular weight excluding hydrogens is 196 g/mol. The standard InChI is InChI=1S/C10H16N2OS/c1-7(2)3-4-9(13)5-8-6-14-10(11)12-8/h6-7H,3-5H2,1-2H3,(H2,11,12). The van der Waals surface area contributed by atoms with Gasteiger partial charge in [-0.25, -0.2) is 4.98 Å². The van der Waals surface area contributed by atoms with Gasteiger partial charge in [0.1, 0.15) is 5.78 Å². The highest BCUT2D eigenvalue weighted by molar-refractivity contribution is 7.13. The Kier molecular flexibility index (Phi) is 4.07. The molecule has 2 N–H and O–H groups in total. The number of carbonyl (C=O) groups excluding carboxylic acids is 1. The number of nitrogen functional groups attached to an aromatic ring is 1. The van der Waals surface area contributed by atoms with Crippen LogP contribution in [0.3, 0.4) is 0 Å². The van der Waals surface area contributed by atoms with Crippen molar-refractivity contribution in [3.8, 4) is 0 Å². The fourth-order valence-electron chi connectivity index (χ4n) is 1.14. The quantitative estimate of drug-likeness (QED) is 0.814. The monoisotopic (exact) mass is 212 g/mol. The highest BCUT2D eigenvalue weighted by atomic mass is 32.1. The number of hydrogen-bond acceptors (Lipinski definition) is 4. The molecule has 1 aromatic heterocycles. The normalized spacial score (nSPS) is 10.8. The average Bonchev–Trinajstić information content (AvgIpc) is 2.48. The highest BCUT2D eigenvalue weighted by Crippen LogP contribution is 2.13. The lowest BCUT2D eigenvalue weighted by atomic mass is 10.0. The van der Waals surface area contributed by atoms with Gasteiger partial charge >= 0.3 is 0 Å². The van der Waals surface area contributed by atoms with Crippen LogP contribution in [0, 0.1) is 5.92 Å². The van der Waals surface area contributed by atoms with Gasteiger partial charge in [-0.05, 0) is 12.3 Å². The second-order valence-corrected chi connectivity index (χ2v) is 4.71. The molecule has 0 aliphatic heterocycles. The van der Waals surface area contributed by atoms with Crippen molar-refractivity contribution in [2.24, 2.45) is 5.92 Å². The minimum atomic E-state index is 0.254. The number of rotatable bonds is 5. The first-order valence-electron chi connectivity index (χ1n) is 4.79. The van der Waals surface area contributed by atoms with E-state index in [9.17, 15) is 4.79 Å². The third-order valence-electron chi connectivity index (χ3n) is 1.95. The Bertz CT molecular complexity index is 307. The molecule has 14 heavy (non-hydrogen) atoms. The lowest BCUT2D eigenvalue weighted by molar-refractivity contribution is -0.118. The Labute approximate surface area is 88.3 Å². The molecule has 0 bridgehead atoms. The van der Waals surface area contributed by atoms with E-state index in [1.165, 1.54) is 11.3 Å². The summed E-state index contributed by atoms with van der Waals surface area (Å²) in [5, 5.41) is 2.39. The molecule has 1 aromatic rings. The number of Topliss-reactive ketones (excluding diaryl/α,β-unsaturated/α-hetero) is 1. The average molecular weight is 212 g/mol. The molecule has 1 rings (SSSR count). The van der Waals surface area contributed by atoms with Crippen LogP contribution in [0.15, 0.2) is 5.38 Å². The first-order valence-corrected chi connectivity index (χ1v) is 5.67. The summed E-state index contributed by atoms with van der Waals surface area (Å²) in [4.78, 5) is 15.5. The molecular formula is C10H16N2OS. The van der Waals surface area contributed by atoms with Crippen molar-refractivity contribution >= 4 is 22.3 Å². The summed E-state index contributed by atoms with van der Waals surface area (Å²) < 4.78 is 0. The van der Waals surface area contributed by atoms with E-state index >= 15 is 0 Å². The maximum Gasteiger partial charge on any atom is 0.180 e. The lowest BCUT2D eigenvalue weighted by Gasteiger charge is -2.02. The fraction of sp³-hybridized carbons (Fsp3) is 0.600. The van der Waals surface area contributed by atoms with Crippen molar-refractivity contribution in [1.29, 1.82) is 0 Å². The van der Waals surface area contributed by atoms with Gasteiger partial charge in [-0.15, -0.1) is 11.3 Å². The number of hydrogen-bond donors (Lipinski definition) is 1. The Morgan fingerprint density at radius 1 is 1.64 bits per heavy atom. The van der Waals surface area contributed by atoms with Crippen LogP contribution in [0.1, 0.15) is 32.4 Å². The van der Waals surface area contributed by atoms with Crippen LogP contribution < -0.4 is 5.73 Å². The van der Waals surface area contributed by atoms with Crippen molar-refractivity contribution in [3.05, 3.63) is 11.1 Å². The molecule has 0 spiro atoms. The molecule has 0 atom stereocenters. The van der Waals surface area contributed by atoms with E-state index in [4.69, 9.17) is 5.73 Å². The molecule has 0 unspecified atom stereocenters. The smallest absolute Gasteiger partial charge is 0.180 e.